The van der Waals surface area contributed by atoms with Crippen molar-refractivity contribution in [2.75, 3.05) is 0 Å². The van der Waals surface area contributed by atoms with Gasteiger partial charge < -0.3 is 0 Å². The Morgan fingerprint density at radius 1 is 0.700 bits per heavy atom. The molecule has 0 fully saturated rings. The highest BCUT2D eigenvalue weighted by molar-refractivity contribution is 5.85. The fourth-order valence-electron chi connectivity index (χ4n) is 3.61. The lowest BCUT2D eigenvalue weighted by atomic mass is 9.98. The molecule has 0 saturated heterocycles. The van der Waals surface area contributed by atoms with Crippen LogP contribution in [0.2, 0.25) is 0 Å². The third-order valence-electron chi connectivity index (χ3n) is 5.55. The van der Waals surface area contributed by atoms with Gasteiger partial charge in [0.1, 0.15) is 5.82 Å². The van der Waals surface area contributed by atoms with E-state index in [4.69, 9.17) is 0 Å². The molecule has 0 aliphatic carbocycles. The minimum absolute atomic E-state index is 0.115. The molecule has 0 aliphatic heterocycles. The Bertz CT molecular complexity index is 1220. The first-order valence-corrected chi connectivity index (χ1v) is 10.5. The standard InChI is InChI=1S/C29H25F/c1-3-22-8-10-24(11-9-22)14-16-26-17-18-27-20-25(15-19-28(27)29(26)30)13-12-23-6-4-21(2)5-7-23/h4-11,15,17-20H,3,14,16H2,1-2H3. The van der Waals surface area contributed by atoms with Gasteiger partial charge in [0, 0.05) is 16.5 Å². The summed E-state index contributed by atoms with van der Waals surface area (Å²) in [6.45, 7) is 4.21. The van der Waals surface area contributed by atoms with Crippen molar-refractivity contribution >= 4 is 10.8 Å². The van der Waals surface area contributed by atoms with Gasteiger partial charge in [0.25, 0.3) is 0 Å². The van der Waals surface area contributed by atoms with Crippen molar-refractivity contribution in [1.82, 2.24) is 0 Å². The zero-order valence-corrected chi connectivity index (χ0v) is 17.5. The molecule has 0 heterocycles. The van der Waals surface area contributed by atoms with E-state index < -0.39 is 0 Å². The van der Waals surface area contributed by atoms with E-state index in [2.05, 4.69) is 62.1 Å². The Kier molecular flexibility index (Phi) is 5.96. The van der Waals surface area contributed by atoms with Crippen LogP contribution < -0.4 is 0 Å². The number of fused-ring (bicyclic) bond motifs is 1. The van der Waals surface area contributed by atoms with Gasteiger partial charge in [-0.25, -0.2) is 4.39 Å². The first-order valence-electron chi connectivity index (χ1n) is 10.5. The molecule has 4 aromatic carbocycles. The molecule has 0 aromatic heterocycles. The average molecular weight is 393 g/mol. The van der Waals surface area contributed by atoms with E-state index in [9.17, 15) is 0 Å². The third-order valence-corrected chi connectivity index (χ3v) is 5.55. The quantitative estimate of drug-likeness (QED) is 0.327. The summed E-state index contributed by atoms with van der Waals surface area (Å²) in [7, 11) is 0. The van der Waals surface area contributed by atoms with Crippen LogP contribution in [0.15, 0.2) is 78.9 Å². The minimum Gasteiger partial charge on any atom is -0.206 e. The Morgan fingerprint density at radius 3 is 2.10 bits per heavy atom. The van der Waals surface area contributed by atoms with Gasteiger partial charge in [-0.05, 0) is 72.5 Å². The van der Waals surface area contributed by atoms with Crippen LogP contribution in [-0.4, -0.2) is 0 Å². The lowest BCUT2D eigenvalue weighted by Crippen LogP contribution is -1.96. The van der Waals surface area contributed by atoms with Crippen LogP contribution in [0, 0.1) is 24.6 Å². The fourth-order valence-corrected chi connectivity index (χ4v) is 3.61. The van der Waals surface area contributed by atoms with Gasteiger partial charge in [0.05, 0.1) is 0 Å². The van der Waals surface area contributed by atoms with Crippen LogP contribution >= 0.6 is 0 Å². The Hall–Kier alpha value is -3.37. The molecule has 148 valence electrons. The predicted octanol–water partition coefficient (Wildman–Crippen LogP) is 7.03. The lowest BCUT2D eigenvalue weighted by molar-refractivity contribution is 0.620. The molecular weight excluding hydrogens is 367 g/mol. The van der Waals surface area contributed by atoms with Gasteiger partial charge in [-0.1, -0.05) is 78.9 Å². The number of rotatable bonds is 4. The molecule has 0 N–H and O–H groups in total. The smallest absolute Gasteiger partial charge is 0.134 e. The molecular formula is C29H25F. The molecule has 0 aliphatic rings. The molecule has 1 heteroatoms. The van der Waals surface area contributed by atoms with Crippen LogP contribution in [0.5, 0.6) is 0 Å². The van der Waals surface area contributed by atoms with Gasteiger partial charge in [-0.15, -0.1) is 0 Å². The molecule has 30 heavy (non-hydrogen) atoms. The first-order chi connectivity index (χ1) is 14.6. The van der Waals surface area contributed by atoms with E-state index in [1.54, 1.807) is 0 Å². The van der Waals surface area contributed by atoms with Crippen molar-refractivity contribution in [2.45, 2.75) is 33.1 Å². The summed E-state index contributed by atoms with van der Waals surface area (Å²) in [6.07, 6.45) is 2.58. The van der Waals surface area contributed by atoms with E-state index in [1.807, 2.05) is 42.5 Å². The summed E-state index contributed by atoms with van der Waals surface area (Å²) in [5, 5.41) is 1.55. The molecule has 0 amide bonds. The van der Waals surface area contributed by atoms with Crippen LogP contribution in [0.1, 0.15) is 40.3 Å². The molecule has 0 spiro atoms. The summed E-state index contributed by atoms with van der Waals surface area (Å²) in [4.78, 5) is 0. The van der Waals surface area contributed by atoms with Gasteiger partial charge in [-0.3, -0.25) is 0 Å². The predicted molar refractivity (Wildman–Crippen MR) is 124 cm³/mol. The van der Waals surface area contributed by atoms with E-state index in [-0.39, 0.29) is 5.82 Å². The van der Waals surface area contributed by atoms with E-state index >= 15 is 4.39 Å². The van der Waals surface area contributed by atoms with E-state index in [1.165, 1.54) is 16.7 Å². The molecule has 0 nitrogen and oxygen atoms in total. The largest absolute Gasteiger partial charge is 0.206 e. The molecule has 0 saturated carbocycles. The highest BCUT2D eigenvalue weighted by Crippen LogP contribution is 2.23. The number of aryl methyl sites for hydroxylation is 4. The second kappa shape index (κ2) is 8.97. The highest BCUT2D eigenvalue weighted by atomic mass is 19.1. The summed E-state index contributed by atoms with van der Waals surface area (Å²) in [5.41, 5.74) is 6.43. The van der Waals surface area contributed by atoms with Crippen LogP contribution in [0.25, 0.3) is 10.8 Å². The molecule has 0 unspecified atom stereocenters. The third kappa shape index (κ3) is 4.61. The van der Waals surface area contributed by atoms with Crippen LogP contribution in [0.4, 0.5) is 4.39 Å². The van der Waals surface area contributed by atoms with Crippen molar-refractivity contribution in [3.05, 3.63) is 118 Å². The Labute approximate surface area is 178 Å². The summed E-state index contributed by atoms with van der Waals surface area (Å²) >= 11 is 0. The summed E-state index contributed by atoms with van der Waals surface area (Å²) in [5.74, 6) is 6.26. The molecule has 4 aromatic rings. The number of hydrogen-bond acceptors (Lipinski definition) is 0. The maximum absolute atomic E-state index is 15.1. The van der Waals surface area contributed by atoms with Gasteiger partial charge in [-0.2, -0.15) is 0 Å². The summed E-state index contributed by atoms with van der Waals surface area (Å²) < 4.78 is 15.1. The van der Waals surface area contributed by atoms with Gasteiger partial charge >= 0.3 is 0 Å². The second-order valence-electron chi connectivity index (χ2n) is 7.76. The highest BCUT2D eigenvalue weighted by Gasteiger charge is 2.08. The topological polar surface area (TPSA) is 0 Å². The van der Waals surface area contributed by atoms with Gasteiger partial charge in [0.2, 0.25) is 0 Å². The molecule has 0 radical (unpaired) electrons. The fraction of sp³-hybridized carbons (Fsp3) is 0.172. The normalized spacial score (nSPS) is 10.6. The second-order valence-corrected chi connectivity index (χ2v) is 7.76. The monoisotopic (exact) mass is 392 g/mol. The zero-order chi connectivity index (χ0) is 20.9. The van der Waals surface area contributed by atoms with Crippen molar-refractivity contribution in [3.63, 3.8) is 0 Å². The van der Waals surface area contributed by atoms with Crippen LogP contribution in [0.3, 0.4) is 0 Å². The molecule has 4 rings (SSSR count). The Morgan fingerprint density at radius 2 is 1.37 bits per heavy atom. The van der Waals surface area contributed by atoms with Crippen LogP contribution in [-0.2, 0) is 19.3 Å². The maximum Gasteiger partial charge on any atom is 0.134 e. The number of hydrogen-bond donors (Lipinski definition) is 0. The first kappa shape index (κ1) is 19.9. The minimum atomic E-state index is -0.115. The SMILES string of the molecule is CCc1ccc(CCc2ccc3cc(C#Cc4ccc(C)cc4)ccc3c2F)cc1. The van der Waals surface area contributed by atoms with Crippen molar-refractivity contribution in [3.8, 4) is 11.8 Å². The average Bonchev–Trinajstić information content (AvgIpc) is 2.78. The van der Waals surface area contributed by atoms with Crippen molar-refractivity contribution in [1.29, 1.82) is 0 Å². The number of halogens is 1. The maximum atomic E-state index is 15.1. The Balaban J connectivity index is 1.52. The van der Waals surface area contributed by atoms with Crippen molar-refractivity contribution in [2.24, 2.45) is 0 Å². The number of benzene rings is 4. The van der Waals surface area contributed by atoms with E-state index in [0.717, 1.165) is 34.9 Å². The van der Waals surface area contributed by atoms with E-state index in [0.29, 0.717) is 11.8 Å². The zero-order valence-electron chi connectivity index (χ0n) is 17.5. The van der Waals surface area contributed by atoms with Crippen molar-refractivity contribution < 1.29 is 4.39 Å². The molecule has 0 bridgehead atoms. The van der Waals surface area contributed by atoms with Gasteiger partial charge in [0.15, 0.2) is 0 Å². The lowest BCUT2D eigenvalue weighted by Gasteiger charge is -2.08. The molecule has 0 atom stereocenters. The summed E-state index contributed by atoms with van der Waals surface area (Å²) in [6, 6.07) is 26.4.